The Balaban J connectivity index is 1.86. The van der Waals surface area contributed by atoms with Gasteiger partial charge < -0.3 is 19.5 Å². The van der Waals surface area contributed by atoms with Crippen LogP contribution in [0.2, 0.25) is 0 Å². The van der Waals surface area contributed by atoms with E-state index in [1.54, 1.807) is 13.2 Å². The van der Waals surface area contributed by atoms with Crippen molar-refractivity contribution in [3.8, 4) is 11.8 Å². The van der Waals surface area contributed by atoms with Crippen LogP contribution < -0.4 is 10.1 Å². The Morgan fingerprint density at radius 2 is 1.90 bits per heavy atom. The van der Waals surface area contributed by atoms with Gasteiger partial charge in [-0.05, 0) is 50.9 Å². The standard InChI is InChI=1S/C25H28N4O2/c1-18-23(22-7-5-6-8-24(22)29(18)14-13-28(2)3)15-20(16-26)25(30)27-17-19-9-11-21(31-4)12-10-19/h5-12,15H,13-14,17H2,1-4H3,(H,27,30)/b20-15+. The molecule has 160 valence electrons. The first kappa shape index (κ1) is 22.1. The van der Waals surface area contributed by atoms with Crippen LogP contribution in [-0.2, 0) is 17.9 Å². The summed E-state index contributed by atoms with van der Waals surface area (Å²) in [5.74, 6) is 0.372. The number of benzene rings is 2. The number of nitrogens with zero attached hydrogens (tertiary/aromatic N) is 3. The number of ether oxygens (including phenoxy) is 1. The number of nitriles is 1. The molecule has 0 unspecified atom stereocenters. The second-order valence-corrected chi connectivity index (χ2v) is 7.67. The van der Waals surface area contributed by atoms with Crippen LogP contribution in [0.15, 0.2) is 54.1 Å². The van der Waals surface area contributed by atoms with Crippen molar-refractivity contribution < 1.29 is 9.53 Å². The molecular weight excluding hydrogens is 388 g/mol. The average molecular weight is 417 g/mol. The van der Waals surface area contributed by atoms with E-state index in [4.69, 9.17) is 4.74 Å². The second-order valence-electron chi connectivity index (χ2n) is 7.67. The summed E-state index contributed by atoms with van der Waals surface area (Å²) in [5, 5.41) is 13.5. The maximum atomic E-state index is 12.7. The smallest absolute Gasteiger partial charge is 0.262 e. The molecule has 3 rings (SSSR count). The summed E-state index contributed by atoms with van der Waals surface area (Å²) in [6, 6.07) is 17.6. The molecular formula is C25H28N4O2. The van der Waals surface area contributed by atoms with Crippen LogP contribution in [0.5, 0.6) is 5.75 Å². The van der Waals surface area contributed by atoms with Gasteiger partial charge in [-0.1, -0.05) is 30.3 Å². The molecule has 1 amide bonds. The fraction of sp³-hybridized carbons (Fsp3) is 0.280. The third kappa shape index (κ3) is 5.14. The van der Waals surface area contributed by atoms with Crippen LogP contribution in [0.1, 0.15) is 16.8 Å². The molecule has 1 N–H and O–H groups in total. The Morgan fingerprint density at radius 3 is 2.55 bits per heavy atom. The highest BCUT2D eigenvalue weighted by Gasteiger charge is 2.16. The van der Waals surface area contributed by atoms with Crippen molar-refractivity contribution in [3.05, 3.63) is 70.9 Å². The molecule has 0 spiro atoms. The maximum absolute atomic E-state index is 12.7. The highest BCUT2D eigenvalue weighted by Crippen LogP contribution is 2.28. The molecule has 0 radical (unpaired) electrons. The molecule has 1 aromatic heterocycles. The molecule has 2 aromatic carbocycles. The Labute approximate surface area is 183 Å². The highest BCUT2D eigenvalue weighted by molar-refractivity contribution is 6.04. The molecule has 6 nitrogen and oxygen atoms in total. The SMILES string of the molecule is COc1ccc(CNC(=O)/C(C#N)=C/c2c(C)n(CCN(C)C)c3ccccc23)cc1. The van der Waals surface area contributed by atoms with E-state index < -0.39 is 0 Å². The molecule has 0 aliphatic rings. The number of aromatic nitrogens is 1. The van der Waals surface area contributed by atoms with Crippen LogP contribution in [-0.4, -0.2) is 43.1 Å². The number of amides is 1. The van der Waals surface area contributed by atoms with Gasteiger partial charge in [0.15, 0.2) is 0 Å². The van der Waals surface area contributed by atoms with Gasteiger partial charge in [0.1, 0.15) is 17.4 Å². The van der Waals surface area contributed by atoms with Gasteiger partial charge in [0.25, 0.3) is 5.91 Å². The van der Waals surface area contributed by atoms with E-state index in [9.17, 15) is 10.1 Å². The molecule has 0 saturated carbocycles. The zero-order valence-electron chi connectivity index (χ0n) is 18.5. The number of rotatable bonds is 8. The Morgan fingerprint density at radius 1 is 1.19 bits per heavy atom. The number of carbonyl (C=O) groups is 1. The van der Waals surface area contributed by atoms with Crippen molar-refractivity contribution in [2.24, 2.45) is 0 Å². The minimum absolute atomic E-state index is 0.0899. The molecule has 31 heavy (non-hydrogen) atoms. The molecule has 6 heteroatoms. The summed E-state index contributed by atoms with van der Waals surface area (Å²) in [6.45, 7) is 4.10. The number of hydrogen-bond donors (Lipinski definition) is 1. The summed E-state index contributed by atoms with van der Waals surface area (Å²) in [6.07, 6.45) is 1.70. The number of hydrogen-bond acceptors (Lipinski definition) is 4. The van der Waals surface area contributed by atoms with Crippen LogP contribution in [0.25, 0.3) is 17.0 Å². The first-order chi connectivity index (χ1) is 14.9. The number of nitrogens with one attached hydrogen (secondary N) is 1. The van der Waals surface area contributed by atoms with E-state index >= 15 is 0 Å². The van der Waals surface area contributed by atoms with Crippen molar-refractivity contribution >= 4 is 22.9 Å². The Kier molecular flexibility index (Phi) is 7.11. The number of para-hydroxylation sites is 1. The van der Waals surface area contributed by atoms with Gasteiger partial charge in [0.2, 0.25) is 0 Å². The summed E-state index contributed by atoms with van der Waals surface area (Å²) in [4.78, 5) is 14.8. The predicted octanol–water partition coefficient (Wildman–Crippen LogP) is 3.74. The fourth-order valence-electron chi connectivity index (χ4n) is 3.54. The number of likely N-dealkylation sites (N-methyl/N-ethyl adjacent to an activating group) is 1. The Hall–Kier alpha value is -3.56. The molecule has 0 fully saturated rings. The molecule has 0 aliphatic heterocycles. The minimum atomic E-state index is -0.386. The van der Waals surface area contributed by atoms with Gasteiger partial charge in [0, 0.05) is 41.8 Å². The molecule has 0 aliphatic carbocycles. The number of methoxy groups -OCH3 is 1. The molecule has 0 saturated heterocycles. The first-order valence-electron chi connectivity index (χ1n) is 10.2. The van der Waals surface area contributed by atoms with E-state index in [2.05, 4.69) is 26.9 Å². The lowest BCUT2D eigenvalue weighted by atomic mass is 10.1. The van der Waals surface area contributed by atoms with Gasteiger partial charge in [-0.2, -0.15) is 5.26 Å². The largest absolute Gasteiger partial charge is 0.497 e. The lowest BCUT2D eigenvalue weighted by molar-refractivity contribution is -0.117. The zero-order valence-corrected chi connectivity index (χ0v) is 18.5. The highest BCUT2D eigenvalue weighted by atomic mass is 16.5. The van der Waals surface area contributed by atoms with E-state index in [1.807, 2.05) is 63.5 Å². The summed E-state index contributed by atoms with van der Waals surface area (Å²) in [7, 11) is 5.70. The van der Waals surface area contributed by atoms with Crippen LogP contribution in [0.3, 0.4) is 0 Å². The normalized spacial score (nSPS) is 11.5. The van der Waals surface area contributed by atoms with Crippen LogP contribution in [0.4, 0.5) is 0 Å². The maximum Gasteiger partial charge on any atom is 0.262 e. The predicted molar refractivity (Wildman–Crippen MR) is 124 cm³/mol. The topological polar surface area (TPSA) is 70.3 Å². The minimum Gasteiger partial charge on any atom is -0.497 e. The quantitative estimate of drug-likeness (QED) is 0.449. The van der Waals surface area contributed by atoms with E-state index in [-0.39, 0.29) is 11.5 Å². The summed E-state index contributed by atoms with van der Waals surface area (Å²) >= 11 is 0. The van der Waals surface area contributed by atoms with E-state index in [1.165, 1.54) is 0 Å². The molecule has 0 atom stereocenters. The fourth-order valence-corrected chi connectivity index (χ4v) is 3.54. The monoisotopic (exact) mass is 416 g/mol. The summed E-state index contributed by atoms with van der Waals surface area (Å²) in [5.41, 5.74) is 4.07. The number of carbonyl (C=O) groups excluding carboxylic acids is 1. The van der Waals surface area contributed by atoms with Gasteiger partial charge in [-0.15, -0.1) is 0 Å². The van der Waals surface area contributed by atoms with Crippen molar-refractivity contribution in [2.75, 3.05) is 27.7 Å². The van der Waals surface area contributed by atoms with Crippen molar-refractivity contribution in [3.63, 3.8) is 0 Å². The zero-order chi connectivity index (χ0) is 22.4. The lowest BCUT2D eigenvalue weighted by Gasteiger charge is -2.13. The van der Waals surface area contributed by atoms with E-state index in [0.717, 1.165) is 46.6 Å². The number of fused-ring (bicyclic) bond motifs is 1. The summed E-state index contributed by atoms with van der Waals surface area (Å²) < 4.78 is 7.39. The molecule has 3 aromatic rings. The second kappa shape index (κ2) is 9.96. The van der Waals surface area contributed by atoms with Crippen molar-refractivity contribution in [1.29, 1.82) is 5.26 Å². The lowest BCUT2D eigenvalue weighted by Crippen LogP contribution is -2.24. The van der Waals surface area contributed by atoms with Gasteiger partial charge in [-0.25, -0.2) is 0 Å². The van der Waals surface area contributed by atoms with Gasteiger partial charge in [-0.3, -0.25) is 4.79 Å². The third-order valence-corrected chi connectivity index (χ3v) is 5.32. The average Bonchev–Trinajstić information content (AvgIpc) is 3.05. The third-order valence-electron chi connectivity index (χ3n) is 5.32. The van der Waals surface area contributed by atoms with Crippen LogP contribution in [0, 0.1) is 18.3 Å². The Bertz CT molecular complexity index is 1130. The van der Waals surface area contributed by atoms with Crippen molar-refractivity contribution in [2.45, 2.75) is 20.0 Å². The van der Waals surface area contributed by atoms with E-state index in [0.29, 0.717) is 6.54 Å². The van der Waals surface area contributed by atoms with Crippen molar-refractivity contribution in [1.82, 2.24) is 14.8 Å². The molecule has 1 heterocycles. The van der Waals surface area contributed by atoms with Gasteiger partial charge in [0.05, 0.1) is 7.11 Å². The first-order valence-corrected chi connectivity index (χ1v) is 10.2. The van der Waals surface area contributed by atoms with Crippen LogP contribution >= 0.6 is 0 Å². The molecule has 0 bridgehead atoms. The van der Waals surface area contributed by atoms with Gasteiger partial charge >= 0.3 is 0 Å².